The van der Waals surface area contributed by atoms with Crippen molar-refractivity contribution in [3.63, 3.8) is 0 Å². The van der Waals surface area contributed by atoms with E-state index in [9.17, 15) is 14.3 Å². The number of amides is 1. The number of rotatable bonds is 3. The predicted molar refractivity (Wildman–Crippen MR) is 66.5 cm³/mol. The molecule has 0 aromatic heterocycles. The maximum atomic E-state index is 13.9. The van der Waals surface area contributed by atoms with Crippen molar-refractivity contribution in [2.75, 3.05) is 18.0 Å². The van der Waals surface area contributed by atoms with Crippen LogP contribution in [-0.4, -0.2) is 24.1 Å². The summed E-state index contributed by atoms with van der Waals surface area (Å²) < 4.78 is 13.9. The van der Waals surface area contributed by atoms with Crippen molar-refractivity contribution >= 4 is 11.6 Å². The summed E-state index contributed by atoms with van der Waals surface area (Å²) in [5, 5.41) is 9.68. The summed E-state index contributed by atoms with van der Waals surface area (Å²) in [6.45, 7) is 2.59. The van der Waals surface area contributed by atoms with Crippen LogP contribution in [0.1, 0.15) is 25.0 Å². The fourth-order valence-corrected chi connectivity index (χ4v) is 2.40. The molecule has 0 bridgehead atoms. The predicted octanol–water partition coefficient (Wildman–Crippen LogP) is 1.19. The van der Waals surface area contributed by atoms with Crippen LogP contribution in [0.15, 0.2) is 18.2 Å². The minimum absolute atomic E-state index is 0.244. The number of carbonyl (C=O) groups is 1. The molecule has 1 saturated heterocycles. The molecule has 0 spiro atoms. The Bertz CT molecular complexity index is 462. The molecule has 1 aromatic rings. The summed E-state index contributed by atoms with van der Waals surface area (Å²) in [4.78, 5) is 12.9. The van der Waals surface area contributed by atoms with Crippen molar-refractivity contribution in [2.24, 2.45) is 11.7 Å². The summed E-state index contributed by atoms with van der Waals surface area (Å²) in [7, 11) is 0. The number of aliphatic hydroxyl groups is 1. The highest BCUT2D eigenvalue weighted by molar-refractivity contribution is 5.78. The topological polar surface area (TPSA) is 66.6 Å². The molecule has 1 fully saturated rings. The quantitative estimate of drug-likeness (QED) is 0.849. The molecule has 1 aliphatic heterocycles. The first-order valence-electron chi connectivity index (χ1n) is 6.01. The van der Waals surface area contributed by atoms with Gasteiger partial charge in [0.25, 0.3) is 0 Å². The lowest BCUT2D eigenvalue weighted by atomic mass is 10.1. The molecule has 2 atom stereocenters. The molecule has 1 amide bonds. The Morgan fingerprint density at radius 2 is 2.33 bits per heavy atom. The zero-order valence-corrected chi connectivity index (χ0v) is 10.3. The highest BCUT2D eigenvalue weighted by Gasteiger charge is 2.30. The van der Waals surface area contributed by atoms with Crippen molar-refractivity contribution in [3.8, 4) is 0 Å². The van der Waals surface area contributed by atoms with E-state index >= 15 is 0 Å². The van der Waals surface area contributed by atoms with Crippen molar-refractivity contribution in [3.05, 3.63) is 29.6 Å². The van der Waals surface area contributed by atoms with Gasteiger partial charge in [0.1, 0.15) is 5.82 Å². The molecule has 1 heterocycles. The molecular formula is C13H17FN2O2. The smallest absolute Gasteiger partial charge is 0.222 e. The Morgan fingerprint density at radius 3 is 2.89 bits per heavy atom. The number of nitrogens with two attached hydrogens (primary N) is 1. The third kappa shape index (κ3) is 2.31. The SMILES string of the molecule is CC(O)c1cccc(F)c1N1CCC(C(N)=O)C1. The van der Waals surface area contributed by atoms with Crippen LogP contribution in [0.25, 0.3) is 0 Å². The van der Waals surface area contributed by atoms with E-state index in [1.54, 1.807) is 24.0 Å². The number of carbonyl (C=O) groups excluding carboxylic acids is 1. The Morgan fingerprint density at radius 1 is 1.61 bits per heavy atom. The highest BCUT2D eigenvalue weighted by Crippen LogP contribution is 2.32. The number of hydrogen-bond donors (Lipinski definition) is 2. The molecule has 98 valence electrons. The molecule has 0 aliphatic carbocycles. The number of benzene rings is 1. The summed E-state index contributed by atoms with van der Waals surface area (Å²) >= 11 is 0. The molecule has 0 saturated carbocycles. The van der Waals surface area contributed by atoms with Crippen LogP contribution in [0.2, 0.25) is 0 Å². The molecule has 0 radical (unpaired) electrons. The fraction of sp³-hybridized carbons (Fsp3) is 0.462. The van der Waals surface area contributed by atoms with Gasteiger partial charge in [0, 0.05) is 18.7 Å². The van der Waals surface area contributed by atoms with Crippen LogP contribution in [0.4, 0.5) is 10.1 Å². The number of primary amides is 1. The van der Waals surface area contributed by atoms with E-state index in [1.165, 1.54) is 6.07 Å². The van der Waals surface area contributed by atoms with E-state index in [2.05, 4.69) is 0 Å². The lowest BCUT2D eigenvalue weighted by Gasteiger charge is -2.23. The Balaban J connectivity index is 2.31. The number of halogens is 1. The van der Waals surface area contributed by atoms with E-state index < -0.39 is 6.10 Å². The summed E-state index contributed by atoms with van der Waals surface area (Å²) in [6, 6.07) is 4.63. The van der Waals surface area contributed by atoms with Crippen LogP contribution >= 0.6 is 0 Å². The van der Waals surface area contributed by atoms with Crippen LogP contribution in [0, 0.1) is 11.7 Å². The van der Waals surface area contributed by atoms with E-state index in [0.717, 1.165) is 0 Å². The van der Waals surface area contributed by atoms with Gasteiger partial charge in [-0.25, -0.2) is 4.39 Å². The molecular weight excluding hydrogens is 235 g/mol. The van der Waals surface area contributed by atoms with Crippen molar-refractivity contribution in [1.29, 1.82) is 0 Å². The standard InChI is InChI=1S/C13H17FN2O2/c1-8(17)10-3-2-4-11(14)12(10)16-6-5-9(7-16)13(15)18/h2-4,8-9,17H,5-7H2,1H3,(H2,15,18). The van der Waals surface area contributed by atoms with Gasteiger partial charge in [0.05, 0.1) is 17.7 Å². The first-order valence-corrected chi connectivity index (χ1v) is 6.01. The lowest BCUT2D eigenvalue weighted by Crippen LogP contribution is -2.28. The normalized spacial score (nSPS) is 21.1. The van der Waals surface area contributed by atoms with Crippen molar-refractivity contribution < 1.29 is 14.3 Å². The third-order valence-corrected chi connectivity index (χ3v) is 3.37. The number of nitrogens with zero attached hydrogens (tertiary/aromatic N) is 1. The van der Waals surface area contributed by atoms with Gasteiger partial charge in [-0.2, -0.15) is 0 Å². The summed E-state index contributed by atoms with van der Waals surface area (Å²) in [5.74, 6) is -0.975. The maximum absolute atomic E-state index is 13.9. The van der Waals surface area contributed by atoms with E-state index in [-0.39, 0.29) is 17.6 Å². The van der Waals surface area contributed by atoms with Gasteiger partial charge in [-0.1, -0.05) is 12.1 Å². The van der Waals surface area contributed by atoms with Gasteiger partial charge in [0.15, 0.2) is 0 Å². The maximum Gasteiger partial charge on any atom is 0.222 e. The second-order valence-corrected chi connectivity index (χ2v) is 4.69. The fourth-order valence-electron chi connectivity index (χ4n) is 2.40. The molecule has 5 heteroatoms. The zero-order chi connectivity index (χ0) is 13.3. The van der Waals surface area contributed by atoms with Crippen molar-refractivity contribution in [2.45, 2.75) is 19.4 Å². The van der Waals surface area contributed by atoms with Gasteiger partial charge in [-0.15, -0.1) is 0 Å². The van der Waals surface area contributed by atoms with Crippen LogP contribution < -0.4 is 10.6 Å². The van der Waals surface area contributed by atoms with Crippen molar-refractivity contribution in [1.82, 2.24) is 0 Å². The molecule has 3 N–H and O–H groups in total. The molecule has 18 heavy (non-hydrogen) atoms. The van der Waals surface area contributed by atoms with Gasteiger partial charge in [-0.05, 0) is 19.4 Å². The average molecular weight is 252 g/mol. The van der Waals surface area contributed by atoms with Gasteiger partial charge in [0.2, 0.25) is 5.91 Å². The number of aliphatic hydroxyl groups excluding tert-OH is 1. The Hall–Kier alpha value is -1.62. The van der Waals surface area contributed by atoms with Gasteiger partial charge in [-0.3, -0.25) is 4.79 Å². The van der Waals surface area contributed by atoms with Crippen LogP contribution in [0.5, 0.6) is 0 Å². The van der Waals surface area contributed by atoms with E-state index in [1.807, 2.05) is 0 Å². The molecule has 2 rings (SSSR count). The molecule has 4 nitrogen and oxygen atoms in total. The molecule has 1 aliphatic rings. The van der Waals surface area contributed by atoms with E-state index in [0.29, 0.717) is 30.8 Å². The minimum Gasteiger partial charge on any atom is -0.389 e. The van der Waals surface area contributed by atoms with Crippen LogP contribution in [-0.2, 0) is 4.79 Å². The first kappa shape index (κ1) is 12.8. The van der Waals surface area contributed by atoms with Crippen LogP contribution in [0.3, 0.4) is 0 Å². The lowest BCUT2D eigenvalue weighted by molar-refractivity contribution is -0.121. The first-order chi connectivity index (χ1) is 8.50. The molecule has 1 aromatic carbocycles. The summed E-state index contributed by atoms with van der Waals surface area (Å²) in [5.41, 5.74) is 6.19. The number of para-hydroxylation sites is 1. The van der Waals surface area contributed by atoms with Gasteiger partial charge < -0.3 is 15.7 Å². The largest absolute Gasteiger partial charge is 0.389 e. The average Bonchev–Trinajstić information content (AvgIpc) is 2.77. The Kier molecular flexibility index (Phi) is 3.52. The Labute approximate surface area is 105 Å². The minimum atomic E-state index is -0.747. The molecule has 2 unspecified atom stereocenters. The van der Waals surface area contributed by atoms with Gasteiger partial charge >= 0.3 is 0 Å². The number of hydrogen-bond acceptors (Lipinski definition) is 3. The van der Waals surface area contributed by atoms with E-state index in [4.69, 9.17) is 5.73 Å². The zero-order valence-electron chi connectivity index (χ0n) is 10.3. The highest BCUT2D eigenvalue weighted by atomic mass is 19.1. The summed E-state index contributed by atoms with van der Waals surface area (Å²) in [6.07, 6.45) is -0.119. The number of anilines is 1. The third-order valence-electron chi connectivity index (χ3n) is 3.37. The second kappa shape index (κ2) is 4.94. The monoisotopic (exact) mass is 252 g/mol. The second-order valence-electron chi connectivity index (χ2n) is 4.69.